The summed E-state index contributed by atoms with van der Waals surface area (Å²) in [6.45, 7) is 3.62. The van der Waals surface area contributed by atoms with E-state index in [1.165, 1.54) is 38.5 Å². The lowest BCUT2D eigenvalue weighted by Gasteiger charge is -2.31. The summed E-state index contributed by atoms with van der Waals surface area (Å²) < 4.78 is 0. The van der Waals surface area contributed by atoms with Gasteiger partial charge in [-0.25, -0.2) is 0 Å². The van der Waals surface area contributed by atoms with Crippen molar-refractivity contribution in [3.8, 4) is 0 Å². The third kappa shape index (κ3) is 5.07. The molecule has 1 saturated carbocycles. The minimum atomic E-state index is 0.341. The summed E-state index contributed by atoms with van der Waals surface area (Å²) in [7, 11) is 0. The van der Waals surface area contributed by atoms with Crippen molar-refractivity contribution in [3.05, 3.63) is 0 Å². The van der Waals surface area contributed by atoms with Gasteiger partial charge < -0.3 is 10.6 Å². The molecule has 0 heterocycles. The van der Waals surface area contributed by atoms with Crippen molar-refractivity contribution in [2.45, 2.75) is 70.8 Å². The maximum absolute atomic E-state index is 12.1. The van der Waals surface area contributed by atoms with Gasteiger partial charge in [0.05, 0.1) is 0 Å². The quantitative estimate of drug-likeness (QED) is 0.726. The van der Waals surface area contributed by atoms with Gasteiger partial charge in [-0.15, -0.1) is 0 Å². The first-order valence-electron chi connectivity index (χ1n) is 7.29. The van der Waals surface area contributed by atoms with Crippen LogP contribution < -0.4 is 5.73 Å². The highest BCUT2D eigenvalue weighted by molar-refractivity contribution is 5.76. The molecule has 0 aromatic rings. The summed E-state index contributed by atoms with van der Waals surface area (Å²) in [6, 6.07) is 0.489. The average molecular weight is 240 g/mol. The minimum absolute atomic E-state index is 0.341. The number of hydrogen-bond acceptors (Lipinski definition) is 2. The van der Waals surface area contributed by atoms with E-state index in [-0.39, 0.29) is 0 Å². The van der Waals surface area contributed by atoms with E-state index < -0.39 is 0 Å². The van der Waals surface area contributed by atoms with Crippen LogP contribution in [-0.2, 0) is 4.79 Å². The van der Waals surface area contributed by atoms with Crippen molar-refractivity contribution in [2.24, 2.45) is 5.73 Å². The van der Waals surface area contributed by atoms with Crippen LogP contribution in [0.4, 0.5) is 0 Å². The highest BCUT2D eigenvalue weighted by Crippen LogP contribution is 2.22. The fraction of sp³-hybridized carbons (Fsp3) is 0.929. The first-order chi connectivity index (χ1) is 8.29. The normalized spacial score (nSPS) is 17.8. The van der Waals surface area contributed by atoms with Gasteiger partial charge in [0.1, 0.15) is 0 Å². The smallest absolute Gasteiger partial charge is 0.222 e. The van der Waals surface area contributed by atoms with Crippen molar-refractivity contribution in [1.82, 2.24) is 4.90 Å². The topological polar surface area (TPSA) is 46.3 Å². The van der Waals surface area contributed by atoms with E-state index in [1.54, 1.807) is 0 Å². The van der Waals surface area contributed by atoms with Crippen LogP contribution in [0.5, 0.6) is 0 Å². The maximum Gasteiger partial charge on any atom is 0.222 e. The Bertz CT molecular complexity index is 210. The van der Waals surface area contributed by atoms with Crippen molar-refractivity contribution >= 4 is 5.91 Å². The lowest BCUT2D eigenvalue weighted by Crippen LogP contribution is -2.41. The van der Waals surface area contributed by atoms with Crippen LogP contribution in [0.15, 0.2) is 0 Å². The molecule has 0 saturated heterocycles. The SMILES string of the molecule is CCCC(=O)N(CCCN)C1CCCCCC1. The molecule has 0 aliphatic heterocycles. The molecule has 0 spiro atoms. The van der Waals surface area contributed by atoms with Gasteiger partial charge in [-0.05, 0) is 32.2 Å². The molecule has 0 bridgehead atoms. The number of nitrogens with two attached hydrogens (primary N) is 1. The zero-order valence-corrected chi connectivity index (χ0v) is 11.3. The molecule has 3 nitrogen and oxygen atoms in total. The number of amides is 1. The van der Waals surface area contributed by atoms with Crippen LogP contribution in [0.3, 0.4) is 0 Å². The van der Waals surface area contributed by atoms with Crippen molar-refractivity contribution in [2.75, 3.05) is 13.1 Å². The Morgan fingerprint density at radius 1 is 1.24 bits per heavy atom. The van der Waals surface area contributed by atoms with Gasteiger partial charge in [-0.3, -0.25) is 4.79 Å². The summed E-state index contributed by atoms with van der Waals surface area (Å²) in [5.41, 5.74) is 5.57. The molecule has 0 aromatic carbocycles. The lowest BCUT2D eigenvalue weighted by molar-refractivity contribution is -0.133. The number of carbonyl (C=O) groups excluding carboxylic acids is 1. The van der Waals surface area contributed by atoms with Gasteiger partial charge in [-0.1, -0.05) is 32.6 Å². The van der Waals surface area contributed by atoms with E-state index in [0.717, 1.165) is 19.4 Å². The Balaban J connectivity index is 2.55. The number of carbonyl (C=O) groups is 1. The van der Waals surface area contributed by atoms with E-state index in [4.69, 9.17) is 5.73 Å². The third-order valence-electron chi connectivity index (χ3n) is 3.65. The fourth-order valence-electron chi connectivity index (χ4n) is 2.70. The highest BCUT2D eigenvalue weighted by Gasteiger charge is 2.23. The second-order valence-corrected chi connectivity index (χ2v) is 5.12. The van der Waals surface area contributed by atoms with Crippen LogP contribution >= 0.6 is 0 Å². The Morgan fingerprint density at radius 3 is 2.41 bits per heavy atom. The zero-order valence-electron chi connectivity index (χ0n) is 11.3. The van der Waals surface area contributed by atoms with Crippen molar-refractivity contribution in [3.63, 3.8) is 0 Å². The highest BCUT2D eigenvalue weighted by atomic mass is 16.2. The molecule has 17 heavy (non-hydrogen) atoms. The first-order valence-corrected chi connectivity index (χ1v) is 7.29. The summed E-state index contributed by atoms with van der Waals surface area (Å²) in [5, 5.41) is 0. The van der Waals surface area contributed by atoms with E-state index >= 15 is 0 Å². The molecular formula is C14H28N2O. The van der Waals surface area contributed by atoms with E-state index in [2.05, 4.69) is 11.8 Å². The second-order valence-electron chi connectivity index (χ2n) is 5.12. The Hall–Kier alpha value is -0.570. The standard InChI is InChI=1S/C14H28N2O/c1-2-8-14(17)16(12-7-11-15)13-9-5-3-4-6-10-13/h13H,2-12,15H2,1H3. The molecule has 100 valence electrons. The average Bonchev–Trinajstić information content (AvgIpc) is 2.59. The van der Waals surface area contributed by atoms with Gasteiger partial charge in [0, 0.05) is 19.0 Å². The van der Waals surface area contributed by atoms with Crippen molar-refractivity contribution < 1.29 is 4.79 Å². The van der Waals surface area contributed by atoms with Crippen molar-refractivity contribution in [1.29, 1.82) is 0 Å². The molecule has 0 atom stereocenters. The Labute approximate surface area is 106 Å². The molecule has 1 rings (SSSR count). The van der Waals surface area contributed by atoms with Crippen LogP contribution in [0, 0.1) is 0 Å². The van der Waals surface area contributed by atoms with E-state index in [9.17, 15) is 4.79 Å². The monoisotopic (exact) mass is 240 g/mol. The molecule has 1 fully saturated rings. The lowest BCUT2D eigenvalue weighted by atomic mass is 10.1. The molecule has 0 unspecified atom stereocenters. The number of hydrogen-bond donors (Lipinski definition) is 1. The van der Waals surface area contributed by atoms with Crippen LogP contribution in [0.25, 0.3) is 0 Å². The molecule has 0 radical (unpaired) electrons. The molecule has 1 aliphatic carbocycles. The molecule has 2 N–H and O–H groups in total. The minimum Gasteiger partial charge on any atom is -0.340 e. The number of rotatable bonds is 6. The largest absolute Gasteiger partial charge is 0.340 e. The molecular weight excluding hydrogens is 212 g/mol. The third-order valence-corrected chi connectivity index (χ3v) is 3.65. The van der Waals surface area contributed by atoms with Gasteiger partial charge in [0.2, 0.25) is 5.91 Å². The summed E-state index contributed by atoms with van der Waals surface area (Å²) in [4.78, 5) is 14.3. The van der Waals surface area contributed by atoms with Crippen LogP contribution in [-0.4, -0.2) is 29.9 Å². The number of nitrogens with zero attached hydrogens (tertiary/aromatic N) is 1. The fourth-order valence-corrected chi connectivity index (χ4v) is 2.70. The van der Waals surface area contributed by atoms with Crippen LogP contribution in [0.2, 0.25) is 0 Å². The van der Waals surface area contributed by atoms with Gasteiger partial charge >= 0.3 is 0 Å². The Kier molecular flexibility index (Phi) is 7.25. The van der Waals surface area contributed by atoms with Gasteiger partial charge in [0.25, 0.3) is 0 Å². The predicted octanol–water partition coefficient (Wildman–Crippen LogP) is 2.69. The molecule has 1 aliphatic rings. The first kappa shape index (κ1) is 14.5. The molecule has 0 aromatic heterocycles. The van der Waals surface area contributed by atoms with E-state index in [1.807, 2.05) is 0 Å². The zero-order chi connectivity index (χ0) is 12.5. The van der Waals surface area contributed by atoms with Crippen LogP contribution in [0.1, 0.15) is 64.7 Å². The summed E-state index contributed by atoms with van der Waals surface area (Å²) >= 11 is 0. The predicted molar refractivity (Wildman–Crippen MR) is 71.8 cm³/mol. The Morgan fingerprint density at radius 2 is 1.88 bits per heavy atom. The molecule has 1 amide bonds. The maximum atomic E-state index is 12.1. The molecule has 3 heteroatoms. The van der Waals surface area contributed by atoms with Gasteiger partial charge in [-0.2, -0.15) is 0 Å². The summed E-state index contributed by atoms with van der Waals surface area (Å²) in [6.07, 6.45) is 10.2. The van der Waals surface area contributed by atoms with E-state index in [0.29, 0.717) is 24.9 Å². The van der Waals surface area contributed by atoms with Gasteiger partial charge in [0.15, 0.2) is 0 Å². The summed E-state index contributed by atoms with van der Waals surface area (Å²) in [5.74, 6) is 0.341. The second kappa shape index (κ2) is 8.51.